The summed E-state index contributed by atoms with van der Waals surface area (Å²) in [5, 5.41) is 9.38. The molecule has 0 aromatic heterocycles. The summed E-state index contributed by atoms with van der Waals surface area (Å²) < 4.78 is 0. The van der Waals surface area contributed by atoms with Crippen molar-refractivity contribution in [2.75, 3.05) is 0 Å². The highest BCUT2D eigenvalue weighted by atomic mass is 16.3. The van der Waals surface area contributed by atoms with Crippen molar-refractivity contribution in [1.82, 2.24) is 0 Å². The highest BCUT2D eigenvalue weighted by molar-refractivity contribution is 5.26. The van der Waals surface area contributed by atoms with Crippen LogP contribution in [-0.4, -0.2) is 10.8 Å². The third kappa shape index (κ3) is 1.20. The van der Waals surface area contributed by atoms with Crippen LogP contribution in [0.5, 0.6) is 0 Å². The molecule has 0 aromatic rings. The van der Waals surface area contributed by atoms with Gasteiger partial charge in [-0.1, -0.05) is 13.0 Å². The summed E-state index contributed by atoms with van der Waals surface area (Å²) in [6.07, 6.45) is 4.99. The molecular weight excluding hydrogens is 128 g/mol. The minimum Gasteiger partial charge on any atom is -0.399 e. The molecule has 3 nitrogen and oxygen atoms in total. The fourth-order valence-corrected chi connectivity index (χ4v) is 0.856. The summed E-state index contributed by atoms with van der Waals surface area (Å²) in [7, 11) is 0. The second kappa shape index (κ2) is 2.11. The van der Waals surface area contributed by atoms with E-state index in [1.807, 2.05) is 6.92 Å². The van der Waals surface area contributed by atoms with Crippen LogP contribution in [0.15, 0.2) is 23.9 Å². The second-order valence-corrected chi connectivity index (χ2v) is 2.68. The summed E-state index contributed by atoms with van der Waals surface area (Å²) in [6, 6.07) is 0. The lowest BCUT2D eigenvalue weighted by molar-refractivity contribution is 0.0592. The van der Waals surface area contributed by atoms with Crippen LogP contribution < -0.4 is 11.5 Å². The summed E-state index contributed by atoms with van der Waals surface area (Å²) in [5.41, 5.74) is 10.1. The molecule has 10 heavy (non-hydrogen) atoms. The molecule has 0 spiro atoms. The lowest BCUT2D eigenvalue weighted by Gasteiger charge is -2.27. The van der Waals surface area contributed by atoms with Crippen molar-refractivity contribution in [3.63, 3.8) is 0 Å². The maximum Gasteiger partial charge on any atom is 0.140 e. The summed E-state index contributed by atoms with van der Waals surface area (Å²) in [5.74, 6) is -0.0696. The Labute approximate surface area is 60.0 Å². The Morgan fingerprint density at radius 3 is 2.70 bits per heavy atom. The second-order valence-electron chi connectivity index (χ2n) is 2.68. The SMILES string of the molecule is CC1C=CC(N)=CC1(N)O. The van der Waals surface area contributed by atoms with E-state index in [2.05, 4.69) is 0 Å². The first-order valence-electron chi connectivity index (χ1n) is 3.20. The van der Waals surface area contributed by atoms with Crippen molar-refractivity contribution >= 4 is 0 Å². The maximum absolute atomic E-state index is 9.38. The van der Waals surface area contributed by atoms with Crippen LogP contribution in [0.4, 0.5) is 0 Å². The topological polar surface area (TPSA) is 72.3 Å². The Balaban J connectivity index is 2.88. The molecule has 0 fully saturated rings. The molecule has 0 amide bonds. The van der Waals surface area contributed by atoms with E-state index in [0.29, 0.717) is 5.70 Å². The van der Waals surface area contributed by atoms with Crippen LogP contribution in [-0.2, 0) is 0 Å². The smallest absolute Gasteiger partial charge is 0.140 e. The van der Waals surface area contributed by atoms with Gasteiger partial charge in [0.05, 0.1) is 0 Å². The van der Waals surface area contributed by atoms with Gasteiger partial charge < -0.3 is 10.8 Å². The van der Waals surface area contributed by atoms with E-state index < -0.39 is 5.72 Å². The van der Waals surface area contributed by atoms with E-state index in [1.165, 1.54) is 6.08 Å². The molecular formula is C7H12N2O. The monoisotopic (exact) mass is 140 g/mol. The number of hydrogen-bond donors (Lipinski definition) is 3. The van der Waals surface area contributed by atoms with Crippen molar-refractivity contribution in [1.29, 1.82) is 0 Å². The Bertz CT molecular complexity index is 194. The Hall–Kier alpha value is -0.800. The average molecular weight is 140 g/mol. The van der Waals surface area contributed by atoms with E-state index in [0.717, 1.165) is 0 Å². The number of allylic oxidation sites excluding steroid dienone is 1. The van der Waals surface area contributed by atoms with Gasteiger partial charge in [-0.2, -0.15) is 0 Å². The van der Waals surface area contributed by atoms with Gasteiger partial charge in [-0.25, -0.2) is 0 Å². The van der Waals surface area contributed by atoms with E-state index in [1.54, 1.807) is 12.2 Å². The third-order valence-corrected chi connectivity index (χ3v) is 1.70. The molecule has 0 saturated carbocycles. The van der Waals surface area contributed by atoms with E-state index in [9.17, 15) is 5.11 Å². The minimum absolute atomic E-state index is 0.0696. The first kappa shape index (κ1) is 7.31. The third-order valence-electron chi connectivity index (χ3n) is 1.70. The van der Waals surface area contributed by atoms with E-state index in [-0.39, 0.29) is 5.92 Å². The summed E-state index contributed by atoms with van der Waals surface area (Å²) >= 11 is 0. The van der Waals surface area contributed by atoms with E-state index in [4.69, 9.17) is 11.5 Å². The van der Waals surface area contributed by atoms with Crippen molar-refractivity contribution in [3.8, 4) is 0 Å². The zero-order valence-corrected chi connectivity index (χ0v) is 5.91. The molecule has 5 N–H and O–H groups in total. The van der Waals surface area contributed by atoms with Crippen molar-refractivity contribution < 1.29 is 5.11 Å². The Morgan fingerprint density at radius 2 is 2.30 bits per heavy atom. The van der Waals surface area contributed by atoms with Gasteiger partial charge >= 0.3 is 0 Å². The minimum atomic E-state index is -1.27. The van der Waals surface area contributed by atoms with Gasteiger partial charge in [-0.3, -0.25) is 5.73 Å². The molecule has 0 aliphatic heterocycles. The van der Waals surface area contributed by atoms with Crippen molar-refractivity contribution in [2.45, 2.75) is 12.6 Å². The molecule has 3 heteroatoms. The Kier molecular flexibility index (Phi) is 1.54. The Morgan fingerprint density at radius 1 is 1.70 bits per heavy atom. The van der Waals surface area contributed by atoms with Gasteiger partial charge in [0.15, 0.2) is 0 Å². The van der Waals surface area contributed by atoms with Crippen LogP contribution in [0.2, 0.25) is 0 Å². The maximum atomic E-state index is 9.38. The molecule has 56 valence electrons. The number of hydrogen-bond acceptors (Lipinski definition) is 3. The van der Waals surface area contributed by atoms with Gasteiger partial charge in [0.2, 0.25) is 0 Å². The van der Waals surface area contributed by atoms with Crippen LogP contribution in [0, 0.1) is 5.92 Å². The largest absolute Gasteiger partial charge is 0.399 e. The van der Waals surface area contributed by atoms with Crippen LogP contribution >= 0.6 is 0 Å². The van der Waals surface area contributed by atoms with E-state index >= 15 is 0 Å². The molecule has 1 rings (SSSR count). The zero-order valence-electron chi connectivity index (χ0n) is 5.91. The fourth-order valence-electron chi connectivity index (χ4n) is 0.856. The summed E-state index contributed by atoms with van der Waals surface area (Å²) in [6.45, 7) is 1.83. The highest BCUT2D eigenvalue weighted by Gasteiger charge is 2.26. The van der Waals surface area contributed by atoms with Gasteiger partial charge in [0, 0.05) is 11.6 Å². The predicted octanol–water partition coefficient (Wildman–Crippen LogP) is -0.318. The summed E-state index contributed by atoms with van der Waals surface area (Å²) in [4.78, 5) is 0. The molecule has 1 aliphatic carbocycles. The van der Waals surface area contributed by atoms with Gasteiger partial charge in [0.1, 0.15) is 5.72 Å². The van der Waals surface area contributed by atoms with Gasteiger partial charge in [-0.15, -0.1) is 0 Å². The van der Waals surface area contributed by atoms with Crippen molar-refractivity contribution in [2.24, 2.45) is 17.4 Å². The van der Waals surface area contributed by atoms with Gasteiger partial charge in [0.25, 0.3) is 0 Å². The zero-order chi connectivity index (χ0) is 7.78. The lowest BCUT2D eigenvalue weighted by Crippen LogP contribution is -2.45. The standard InChI is InChI=1S/C7H12N2O/c1-5-2-3-6(8)4-7(5,9)10/h2-5,10H,8-9H2,1H3. The molecule has 0 aromatic carbocycles. The number of aliphatic hydroxyl groups is 1. The molecule has 1 aliphatic rings. The predicted molar refractivity (Wildman–Crippen MR) is 39.7 cm³/mol. The van der Waals surface area contributed by atoms with Crippen LogP contribution in [0.3, 0.4) is 0 Å². The lowest BCUT2D eigenvalue weighted by atomic mass is 9.93. The van der Waals surface area contributed by atoms with Crippen LogP contribution in [0.25, 0.3) is 0 Å². The van der Waals surface area contributed by atoms with Crippen LogP contribution in [0.1, 0.15) is 6.92 Å². The molecule has 2 atom stereocenters. The molecule has 0 heterocycles. The quantitative estimate of drug-likeness (QED) is 0.404. The molecule has 0 bridgehead atoms. The molecule has 0 radical (unpaired) electrons. The highest BCUT2D eigenvalue weighted by Crippen LogP contribution is 2.19. The molecule has 0 saturated heterocycles. The average Bonchev–Trinajstić information content (AvgIpc) is 1.78. The first-order valence-corrected chi connectivity index (χ1v) is 3.20. The fraction of sp³-hybridized carbons (Fsp3) is 0.429. The van der Waals surface area contributed by atoms with Gasteiger partial charge in [-0.05, 0) is 12.2 Å². The first-order chi connectivity index (χ1) is 4.52. The normalized spacial score (nSPS) is 39.5. The number of nitrogens with two attached hydrogens (primary N) is 2. The molecule has 2 unspecified atom stereocenters. The van der Waals surface area contributed by atoms with Crippen molar-refractivity contribution in [3.05, 3.63) is 23.9 Å². The number of rotatable bonds is 0.